The molecule has 1 atom stereocenters. The number of nitrogens with one attached hydrogen (secondary N) is 2. The number of sulfonamides is 1. The van der Waals surface area contributed by atoms with E-state index in [0.29, 0.717) is 23.5 Å². The summed E-state index contributed by atoms with van der Waals surface area (Å²) in [6.45, 7) is 3.21. The predicted octanol–water partition coefficient (Wildman–Crippen LogP) is -0.206. The summed E-state index contributed by atoms with van der Waals surface area (Å²) in [4.78, 5) is 13.0. The molecule has 16 heavy (non-hydrogen) atoms. The summed E-state index contributed by atoms with van der Waals surface area (Å²) >= 11 is 0.637. The highest BCUT2D eigenvalue weighted by atomic mass is 32.2. The van der Waals surface area contributed by atoms with E-state index in [-0.39, 0.29) is 10.8 Å². The lowest BCUT2D eigenvalue weighted by molar-refractivity contribution is 0.174. The number of aromatic nitrogens is 1. The van der Waals surface area contributed by atoms with Crippen LogP contribution in [0.3, 0.4) is 0 Å². The second-order valence-electron chi connectivity index (χ2n) is 3.34. The molecule has 8 heteroatoms. The van der Waals surface area contributed by atoms with Crippen molar-refractivity contribution < 1.29 is 13.5 Å². The fourth-order valence-electron chi connectivity index (χ4n) is 1.06. The molecule has 92 valence electrons. The predicted molar refractivity (Wildman–Crippen MR) is 61.2 cm³/mol. The Hall–Kier alpha value is -0.700. The van der Waals surface area contributed by atoms with Crippen molar-refractivity contribution in [1.82, 2.24) is 9.71 Å². The Morgan fingerprint density at radius 2 is 2.19 bits per heavy atom. The second-order valence-corrected chi connectivity index (χ2v) is 6.29. The highest BCUT2D eigenvalue weighted by molar-refractivity contribution is 7.91. The third kappa shape index (κ3) is 3.14. The SMILES string of the molecule is CCC(O)CNS(=O)(=O)c1sc(=O)[nH]c1C. The summed E-state index contributed by atoms with van der Waals surface area (Å²) < 4.78 is 25.7. The molecule has 1 heterocycles. The lowest BCUT2D eigenvalue weighted by Gasteiger charge is -2.09. The first-order valence-corrected chi connectivity index (χ1v) is 7.04. The van der Waals surface area contributed by atoms with E-state index in [1.165, 1.54) is 6.92 Å². The Kier molecular flexibility index (Phi) is 4.25. The average Bonchev–Trinajstić information content (AvgIpc) is 2.55. The molecule has 1 aromatic heterocycles. The number of hydrogen-bond donors (Lipinski definition) is 3. The Morgan fingerprint density at radius 3 is 2.62 bits per heavy atom. The quantitative estimate of drug-likeness (QED) is 0.687. The van der Waals surface area contributed by atoms with Gasteiger partial charge >= 0.3 is 4.87 Å². The van der Waals surface area contributed by atoms with Crippen molar-refractivity contribution in [3.05, 3.63) is 15.4 Å². The lowest BCUT2D eigenvalue weighted by atomic mass is 10.3. The van der Waals surface area contributed by atoms with Gasteiger partial charge in [-0.15, -0.1) is 0 Å². The van der Waals surface area contributed by atoms with Crippen LogP contribution in [-0.2, 0) is 10.0 Å². The molecule has 0 aliphatic carbocycles. The van der Waals surface area contributed by atoms with Gasteiger partial charge in [0.05, 0.1) is 6.10 Å². The first-order chi connectivity index (χ1) is 7.36. The molecule has 0 spiro atoms. The first-order valence-electron chi connectivity index (χ1n) is 4.74. The van der Waals surface area contributed by atoms with Crippen molar-refractivity contribution in [3.8, 4) is 0 Å². The number of aliphatic hydroxyl groups is 1. The zero-order chi connectivity index (χ0) is 12.3. The van der Waals surface area contributed by atoms with Crippen LogP contribution in [0.4, 0.5) is 0 Å². The monoisotopic (exact) mass is 266 g/mol. The molecule has 1 rings (SSSR count). The third-order valence-corrected chi connectivity index (χ3v) is 5.03. The molecule has 0 saturated carbocycles. The van der Waals surface area contributed by atoms with Crippen LogP contribution < -0.4 is 9.60 Å². The van der Waals surface area contributed by atoms with Crippen molar-refractivity contribution in [2.24, 2.45) is 0 Å². The summed E-state index contributed by atoms with van der Waals surface area (Å²) in [7, 11) is -3.70. The van der Waals surface area contributed by atoms with Crippen molar-refractivity contribution in [1.29, 1.82) is 0 Å². The van der Waals surface area contributed by atoms with Gasteiger partial charge in [0.2, 0.25) is 0 Å². The van der Waals surface area contributed by atoms with Gasteiger partial charge in [-0.1, -0.05) is 18.3 Å². The minimum Gasteiger partial charge on any atom is -0.392 e. The van der Waals surface area contributed by atoms with Gasteiger partial charge in [-0.3, -0.25) is 4.79 Å². The van der Waals surface area contributed by atoms with Crippen LogP contribution in [0.1, 0.15) is 19.0 Å². The molecule has 3 N–H and O–H groups in total. The number of hydrogen-bond acceptors (Lipinski definition) is 5. The molecule has 0 fully saturated rings. The Balaban J connectivity index is 2.86. The molecular formula is C8H14N2O4S2. The van der Waals surface area contributed by atoms with E-state index in [9.17, 15) is 18.3 Å². The molecule has 1 aromatic rings. The fraction of sp³-hybridized carbons (Fsp3) is 0.625. The topological polar surface area (TPSA) is 99.3 Å². The maximum absolute atomic E-state index is 11.7. The van der Waals surface area contributed by atoms with Gasteiger partial charge in [-0.2, -0.15) is 0 Å². The van der Waals surface area contributed by atoms with E-state index >= 15 is 0 Å². The van der Waals surface area contributed by atoms with Crippen LogP contribution in [0.2, 0.25) is 0 Å². The van der Waals surface area contributed by atoms with Crippen LogP contribution in [-0.4, -0.2) is 31.2 Å². The van der Waals surface area contributed by atoms with Gasteiger partial charge in [0.15, 0.2) is 4.21 Å². The number of rotatable bonds is 5. The summed E-state index contributed by atoms with van der Waals surface area (Å²) in [5, 5.41) is 9.25. The summed E-state index contributed by atoms with van der Waals surface area (Å²) in [5.74, 6) is 0. The highest BCUT2D eigenvalue weighted by Gasteiger charge is 2.20. The van der Waals surface area contributed by atoms with Crippen molar-refractivity contribution in [2.45, 2.75) is 30.6 Å². The van der Waals surface area contributed by atoms with Gasteiger partial charge in [-0.25, -0.2) is 13.1 Å². The lowest BCUT2D eigenvalue weighted by Crippen LogP contribution is -2.31. The maximum Gasteiger partial charge on any atom is 0.305 e. The normalized spacial score (nSPS) is 13.9. The van der Waals surface area contributed by atoms with Gasteiger partial charge in [0.1, 0.15) is 0 Å². The van der Waals surface area contributed by atoms with E-state index < -0.39 is 21.0 Å². The molecule has 6 nitrogen and oxygen atoms in total. The number of aliphatic hydroxyl groups excluding tert-OH is 1. The van der Waals surface area contributed by atoms with Gasteiger partial charge in [0, 0.05) is 12.2 Å². The maximum atomic E-state index is 11.7. The average molecular weight is 266 g/mol. The molecule has 0 aliphatic heterocycles. The van der Waals surface area contributed by atoms with E-state index in [0.717, 1.165) is 0 Å². The number of aryl methyl sites for hydroxylation is 1. The largest absolute Gasteiger partial charge is 0.392 e. The molecule has 0 bridgehead atoms. The Labute approximate surface area is 97.4 Å². The second kappa shape index (κ2) is 5.09. The van der Waals surface area contributed by atoms with Crippen molar-refractivity contribution in [3.63, 3.8) is 0 Å². The first kappa shape index (κ1) is 13.4. The van der Waals surface area contributed by atoms with E-state index in [2.05, 4.69) is 9.71 Å². The number of H-pyrrole nitrogens is 1. The smallest absolute Gasteiger partial charge is 0.305 e. The minimum absolute atomic E-state index is 0.0270. The Morgan fingerprint density at radius 1 is 1.56 bits per heavy atom. The van der Waals surface area contributed by atoms with Crippen LogP contribution in [0.5, 0.6) is 0 Å². The molecular weight excluding hydrogens is 252 g/mol. The summed E-state index contributed by atoms with van der Waals surface area (Å²) in [6, 6.07) is 0. The molecule has 0 saturated heterocycles. The molecule has 1 unspecified atom stereocenters. The molecule has 0 aliphatic rings. The standard InChI is InChI=1S/C8H14N2O4S2/c1-3-6(11)4-9-16(13,14)7-5(2)10-8(12)15-7/h6,9,11H,3-4H2,1-2H3,(H,10,12). The molecule has 0 aromatic carbocycles. The van der Waals surface area contributed by atoms with Gasteiger partial charge in [0.25, 0.3) is 10.0 Å². The van der Waals surface area contributed by atoms with Crippen molar-refractivity contribution in [2.75, 3.05) is 6.54 Å². The van der Waals surface area contributed by atoms with Crippen LogP contribution in [0, 0.1) is 6.92 Å². The van der Waals surface area contributed by atoms with Gasteiger partial charge < -0.3 is 10.1 Å². The Bertz CT molecular complexity index is 502. The fourth-order valence-corrected chi connectivity index (χ4v) is 3.48. The van der Waals surface area contributed by atoms with Crippen LogP contribution >= 0.6 is 11.3 Å². The van der Waals surface area contributed by atoms with Crippen LogP contribution in [0.15, 0.2) is 9.00 Å². The number of aromatic amines is 1. The minimum atomic E-state index is -3.70. The van der Waals surface area contributed by atoms with Crippen molar-refractivity contribution >= 4 is 21.4 Å². The zero-order valence-corrected chi connectivity index (χ0v) is 10.6. The third-order valence-electron chi connectivity index (χ3n) is 2.01. The molecule has 0 radical (unpaired) electrons. The highest BCUT2D eigenvalue weighted by Crippen LogP contribution is 2.15. The van der Waals surface area contributed by atoms with Crippen LogP contribution in [0.25, 0.3) is 0 Å². The zero-order valence-electron chi connectivity index (χ0n) is 8.98. The summed E-state index contributed by atoms with van der Waals surface area (Å²) in [6.07, 6.45) is -0.254. The van der Waals surface area contributed by atoms with E-state index in [1.54, 1.807) is 6.92 Å². The number of thiazole rings is 1. The summed E-state index contributed by atoms with van der Waals surface area (Å²) in [5.41, 5.74) is 0.313. The molecule has 0 amide bonds. The van der Waals surface area contributed by atoms with E-state index in [4.69, 9.17) is 0 Å². The van der Waals surface area contributed by atoms with Gasteiger partial charge in [-0.05, 0) is 13.3 Å². The van der Waals surface area contributed by atoms with E-state index in [1.807, 2.05) is 0 Å².